The van der Waals surface area contributed by atoms with E-state index in [2.05, 4.69) is 10.0 Å². The molecule has 0 amide bonds. The van der Waals surface area contributed by atoms with Gasteiger partial charge in [0.15, 0.2) is 0 Å². The lowest BCUT2D eigenvalue weighted by Gasteiger charge is -2.17. The average molecular weight is 365 g/mol. The van der Waals surface area contributed by atoms with Gasteiger partial charge in [-0.3, -0.25) is 0 Å². The van der Waals surface area contributed by atoms with Crippen LogP contribution in [0.15, 0.2) is 35.2 Å². The van der Waals surface area contributed by atoms with Crippen molar-refractivity contribution in [3.8, 4) is 0 Å². The van der Waals surface area contributed by atoms with Gasteiger partial charge in [-0.25, -0.2) is 13.1 Å². The number of rotatable bonds is 5. The molecule has 2 aromatic rings. The summed E-state index contributed by atoms with van der Waals surface area (Å²) in [5.74, 6) is 0. The number of para-hydroxylation sites is 1. The van der Waals surface area contributed by atoms with Gasteiger partial charge in [0.05, 0.1) is 20.4 Å². The van der Waals surface area contributed by atoms with E-state index in [-0.39, 0.29) is 10.9 Å². The number of nitrogens with one attached hydrogen (secondary N) is 2. The number of thiophene rings is 1. The predicted octanol–water partition coefficient (Wildman–Crippen LogP) is 4.14. The van der Waals surface area contributed by atoms with Gasteiger partial charge >= 0.3 is 0 Å². The van der Waals surface area contributed by atoms with Crippen molar-refractivity contribution < 1.29 is 8.42 Å². The Kier molecular flexibility index (Phi) is 5.16. The maximum absolute atomic E-state index is 12.0. The Balaban J connectivity index is 2.34. The van der Waals surface area contributed by atoms with Crippen molar-refractivity contribution >= 4 is 50.2 Å². The lowest BCUT2D eigenvalue weighted by Crippen LogP contribution is -2.20. The first-order chi connectivity index (χ1) is 9.85. The van der Waals surface area contributed by atoms with Crippen molar-refractivity contribution in [2.75, 3.05) is 12.4 Å². The van der Waals surface area contributed by atoms with Gasteiger partial charge in [-0.15, -0.1) is 11.3 Å². The maximum atomic E-state index is 12.0. The molecule has 1 heterocycles. The van der Waals surface area contributed by atoms with Crippen LogP contribution in [0.3, 0.4) is 0 Å². The average Bonchev–Trinajstić information content (AvgIpc) is 2.78. The minimum atomic E-state index is -3.53. The predicted molar refractivity (Wildman–Crippen MR) is 89.1 cm³/mol. The topological polar surface area (TPSA) is 58.2 Å². The van der Waals surface area contributed by atoms with Crippen LogP contribution in [0.25, 0.3) is 0 Å². The number of hydrogen-bond donors (Lipinski definition) is 2. The molecule has 2 rings (SSSR count). The van der Waals surface area contributed by atoms with E-state index >= 15 is 0 Å². The molecule has 114 valence electrons. The van der Waals surface area contributed by atoms with Crippen molar-refractivity contribution in [2.24, 2.45) is 0 Å². The highest BCUT2D eigenvalue weighted by atomic mass is 35.5. The van der Waals surface area contributed by atoms with Crippen molar-refractivity contribution in [2.45, 2.75) is 17.9 Å². The zero-order valence-corrected chi connectivity index (χ0v) is 14.5. The smallest absolute Gasteiger partial charge is 0.242 e. The van der Waals surface area contributed by atoms with Crippen LogP contribution in [-0.2, 0) is 10.0 Å². The summed E-state index contributed by atoms with van der Waals surface area (Å²) in [6.07, 6.45) is 0. The molecule has 0 saturated carbocycles. The summed E-state index contributed by atoms with van der Waals surface area (Å²) in [6, 6.07) is 8.31. The molecule has 2 N–H and O–H groups in total. The Morgan fingerprint density at radius 2 is 1.90 bits per heavy atom. The summed E-state index contributed by atoms with van der Waals surface area (Å²) in [5, 5.41) is 3.17. The molecule has 0 bridgehead atoms. The second-order valence-corrected chi connectivity index (χ2v) is 8.49. The van der Waals surface area contributed by atoms with E-state index in [0.717, 1.165) is 5.56 Å². The zero-order valence-electron chi connectivity index (χ0n) is 11.4. The molecule has 0 aliphatic rings. The summed E-state index contributed by atoms with van der Waals surface area (Å²) >= 11 is 13.3. The third-order valence-corrected chi connectivity index (χ3v) is 5.96. The number of halogens is 2. The second kappa shape index (κ2) is 6.54. The molecule has 1 atom stereocenters. The van der Waals surface area contributed by atoms with E-state index in [0.29, 0.717) is 14.4 Å². The molecule has 0 fully saturated rings. The SMILES string of the molecule is CNS(=O)(=O)c1ccccc1NC(C)c1cc(Cl)sc1Cl. The van der Waals surface area contributed by atoms with Crippen LogP contribution in [0, 0.1) is 0 Å². The minimum Gasteiger partial charge on any atom is -0.377 e. The molecule has 1 aromatic carbocycles. The van der Waals surface area contributed by atoms with Crippen molar-refractivity contribution in [3.63, 3.8) is 0 Å². The first kappa shape index (κ1) is 16.6. The Morgan fingerprint density at radius 3 is 2.48 bits per heavy atom. The van der Waals surface area contributed by atoms with Gasteiger partial charge in [-0.2, -0.15) is 0 Å². The van der Waals surface area contributed by atoms with E-state index in [9.17, 15) is 8.42 Å². The minimum absolute atomic E-state index is 0.172. The zero-order chi connectivity index (χ0) is 15.6. The normalized spacial score (nSPS) is 13.1. The van der Waals surface area contributed by atoms with Crippen LogP contribution in [0.2, 0.25) is 8.67 Å². The van der Waals surface area contributed by atoms with E-state index in [1.165, 1.54) is 18.4 Å². The van der Waals surface area contributed by atoms with Crippen molar-refractivity contribution in [3.05, 3.63) is 44.6 Å². The highest BCUT2D eigenvalue weighted by molar-refractivity contribution is 7.89. The largest absolute Gasteiger partial charge is 0.377 e. The molecule has 0 aliphatic heterocycles. The molecule has 1 aromatic heterocycles. The van der Waals surface area contributed by atoms with E-state index in [1.54, 1.807) is 30.3 Å². The van der Waals surface area contributed by atoms with Gasteiger partial charge in [-0.1, -0.05) is 35.3 Å². The van der Waals surface area contributed by atoms with E-state index < -0.39 is 10.0 Å². The van der Waals surface area contributed by atoms with Gasteiger partial charge in [0.25, 0.3) is 0 Å². The lowest BCUT2D eigenvalue weighted by molar-refractivity contribution is 0.588. The fourth-order valence-corrected chi connectivity index (χ4v) is 4.43. The highest BCUT2D eigenvalue weighted by Gasteiger charge is 2.19. The molecule has 0 spiro atoms. The quantitative estimate of drug-likeness (QED) is 0.837. The molecule has 0 radical (unpaired) electrons. The maximum Gasteiger partial charge on any atom is 0.242 e. The molecule has 1 unspecified atom stereocenters. The van der Waals surface area contributed by atoms with Gasteiger partial charge in [0, 0.05) is 5.56 Å². The van der Waals surface area contributed by atoms with Crippen LogP contribution in [-0.4, -0.2) is 15.5 Å². The molecule has 8 heteroatoms. The third-order valence-electron chi connectivity index (χ3n) is 2.97. The van der Waals surface area contributed by atoms with Crippen LogP contribution < -0.4 is 10.0 Å². The van der Waals surface area contributed by atoms with Gasteiger partial charge in [0.2, 0.25) is 10.0 Å². The van der Waals surface area contributed by atoms with Crippen molar-refractivity contribution in [1.29, 1.82) is 0 Å². The van der Waals surface area contributed by atoms with Gasteiger partial charge < -0.3 is 5.32 Å². The monoisotopic (exact) mass is 364 g/mol. The summed E-state index contributed by atoms with van der Waals surface area (Å²) in [4.78, 5) is 0.191. The number of anilines is 1. The summed E-state index contributed by atoms with van der Waals surface area (Å²) in [6.45, 7) is 1.90. The van der Waals surface area contributed by atoms with E-state index in [1.807, 2.05) is 6.92 Å². The number of benzene rings is 1. The van der Waals surface area contributed by atoms with Crippen molar-refractivity contribution in [1.82, 2.24) is 4.72 Å². The number of sulfonamides is 1. The first-order valence-corrected chi connectivity index (χ1v) is 9.14. The van der Waals surface area contributed by atoms with Crippen LogP contribution in [0.1, 0.15) is 18.5 Å². The lowest BCUT2D eigenvalue weighted by atomic mass is 10.1. The Hall–Kier alpha value is -0.790. The Morgan fingerprint density at radius 1 is 1.24 bits per heavy atom. The standard InChI is InChI=1S/C13H14Cl2N2O2S2/c1-8(9-7-12(14)20-13(9)15)17-10-5-3-4-6-11(10)21(18,19)16-2/h3-8,16-17H,1-2H3. The molecule has 4 nitrogen and oxygen atoms in total. The second-order valence-electron chi connectivity index (χ2n) is 4.35. The molecule has 21 heavy (non-hydrogen) atoms. The fourth-order valence-electron chi connectivity index (χ4n) is 1.89. The summed E-state index contributed by atoms with van der Waals surface area (Å²) in [7, 11) is -2.15. The van der Waals surface area contributed by atoms with E-state index in [4.69, 9.17) is 23.2 Å². The third kappa shape index (κ3) is 3.70. The van der Waals surface area contributed by atoms with Gasteiger partial charge in [-0.05, 0) is 32.2 Å². The summed E-state index contributed by atoms with van der Waals surface area (Å²) in [5.41, 5.74) is 1.35. The highest BCUT2D eigenvalue weighted by Crippen LogP contribution is 2.36. The van der Waals surface area contributed by atoms with Crippen LogP contribution in [0.5, 0.6) is 0 Å². The van der Waals surface area contributed by atoms with Crippen LogP contribution >= 0.6 is 34.5 Å². The summed E-state index contributed by atoms with van der Waals surface area (Å²) < 4.78 is 27.5. The van der Waals surface area contributed by atoms with Crippen LogP contribution in [0.4, 0.5) is 5.69 Å². The Bertz CT molecular complexity index is 744. The Labute approximate surface area is 138 Å². The number of hydrogen-bond acceptors (Lipinski definition) is 4. The first-order valence-electron chi connectivity index (χ1n) is 6.09. The molecular formula is C13H14Cl2N2O2S2. The van der Waals surface area contributed by atoms with Gasteiger partial charge in [0.1, 0.15) is 4.90 Å². The molecular weight excluding hydrogens is 351 g/mol. The fraction of sp³-hybridized carbons (Fsp3) is 0.231. The molecule has 0 aliphatic carbocycles. The molecule has 0 saturated heterocycles.